The highest BCUT2D eigenvalue weighted by atomic mass is 16.1. The van der Waals surface area contributed by atoms with Gasteiger partial charge in [0.05, 0.1) is 5.69 Å². The summed E-state index contributed by atoms with van der Waals surface area (Å²) in [5.41, 5.74) is 7.02. The van der Waals surface area contributed by atoms with Crippen LogP contribution in [0.2, 0.25) is 0 Å². The van der Waals surface area contributed by atoms with Gasteiger partial charge in [0.15, 0.2) is 0 Å². The van der Waals surface area contributed by atoms with E-state index in [0.717, 1.165) is 13.0 Å². The Morgan fingerprint density at radius 3 is 2.78 bits per heavy atom. The molecule has 0 aromatic carbocycles. The third-order valence-corrected chi connectivity index (χ3v) is 3.05. The number of aryl methyl sites for hydroxylation is 1. The fourth-order valence-electron chi connectivity index (χ4n) is 1.66. The van der Waals surface area contributed by atoms with E-state index in [1.807, 2.05) is 24.9 Å². The molecule has 0 spiro atoms. The lowest BCUT2D eigenvalue weighted by Crippen LogP contribution is -2.38. The quantitative estimate of drug-likeness (QED) is 0.798. The summed E-state index contributed by atoms with van der Waals surface area (Å²) >= 11 is 0. The van der Waals surface area contributed by atoms with E-state index < -0.39 is 0 Å². The first-order chi connectivity index (χ1) is 8.45. The van der Waals surface area contributed by atoms with E-state index in [1.165, 1.54) is 0 Å². The number of rotatable bonds is 6. The van der Waals surface area contributed by atoms with Crippen molar-refractivity contribution in [1.29, 1.82) is 0 Å². The largest absolute Gasteiger partial charge is 0.397 e. The Hall–Kier alpha value is -1.49. The van der Waals surface area contributed by atoms with Gasteiger partial charge in [-0.3, -0.25) is 4.79 Å². The number of nitrogens with one attached hydrogen (secondary N) is 1. The van der Waals surface area contributed by atoms with Gasteiger partial charge in [0.25, 0.3) is 5.91 Å². The number of anilines is 1. The van der Waals surface area contributed by atoms with Gasteiger partial charge in [0.2, 0.25) is 0 Å². The highest BCUT2D eigenvalue weighted by Gasteiger charge is 2.13. The van der Waals surface area contributed by atoms with Gasteiger partial charge in [0, 0.05) is 25.3 Å². The number of carbonyl (C=O) groups excluding carboxylic acids is 1. The van der Waals surface area contributed by atoms with Gasteiger partial charge in [-0.25, -0.2) is 0 Å². The Kier molecular flexibility index (Phi) is 5.22. The fraction of sp³-hybridized carbons (Fsp3) is 0.615. The van der Waals surface area contributed by atoms with E-state index in [0.29, 0.717) is 24.0 Å². The smallest absolute Gasteiger partial charge is 0.268 e. The maximum absolute atomic E-state index is 12.1. The van der Waals surface area contributed by atoms with Crippen LogP contribution in [0.25, 0.3) is 0 Å². The number of likely N-dealkylation sites (N-methyl/N-ethyl adjacent to an activating group) is 1. The average Bonchev–Trinajstić information content (AvgIpc) is 2.67. The van der Waals surface area contributed by atoms with Gasteiger partial charge in [-0.15, -0.1) is 0 Å². The normalized spacial score (nSPS) is 12.7. The number of nitrogens with zero attached hydrogens (tertiary/aromatic N) is 2. The SMILES string of the molecule is CCCn1cc(N)cc1C(=O)NCC(C)N(C)C. The van der Waals surface area contributed by atoms with Crippen LogP contribution in [0.1, 0.15) is 30.8 Å². The highest BCUT2D eigenvalue weighted by molar-refractivity contribution is 5.93. The van der Waals surface area contributed by atoms with E-state index >= 15 is 0 Å². The van der Waals surface area contributed by atoms with E-state index in [9.17, 15) is 4.79 Å². The van der Waals surface area contributed by atoms with E-state index in [-0.39, 0.29) is 5.91 Å². The lowest BCUT2D eigenvalue weighted by atomic mass is 10.3. The molecule has 1 aromatic heterocycles. The van der Waals surface area contributed by atoms with Crippen molar-refractivity contribution in [1.82, 2.24) is 14.8 Å². The number of amides is 1. The number of hydrogen-bond donors (Lipinski definition) is 2. The molecular formula is C13H24N4O. The first kappa shape index (κ1) is 14.6. The van der Waals surface area contributed by atoms with Crippen molar-refractivity contribution < 1.29 is 4.79 Å². The molecule has 1 heterocycles. The lowest BCUT2D eigenvalue weighted by Gasteiger charge is -2.20. The number of nitrogens with two attached hydrogens (primary N) is 1. The molecule has 1 amide bonds. The maximum atomic E-state index is 12.1. The molecule has 1 unspecified atom stereocenters. The van der Waals surface area contributed by atoms with Gasteiger partial charge in [-0.2, -0.15) is 0 Å². The van der Waals surface area contributed by atoms with Gasteiger partial charge < -0.3 is 20.5 Å². The zero-order chi connectivity index (χ0) is 13.7. The molecule has 0 aliphatic carbocycles. The van der Waals surface area contributed by atoms with Crippen molar-refractivity contribution >= 4 is 11.6 Å². The summed E-state index contributed by atoms with van der Waals surface area (Å²) in [6.45, 7) is 5.58. The second-order valence-electron chi connectivity index (χ2n) is 4.87. The Bertz CT molecular complexity index is 398. The molecule has 5 nitrogen and oxygen atoms in total. The van der Waals surface area contributed by atoms with Crippen LogP contribution in [0.4, 0.5) is 5.69 Å². The van der Waals surface area contributed by atoms with E-state index in [1.54, 1.807) is 6.07 Å². The van der Waals surface area contributed by atoms with Crippen LogP contribution >= 0.6 is 0 Å². The van der Waals surface area contributed by atoms with Crippen molar-refractivity contribution in [3.63, 3.8) is 0 Å². The molecule has 0 aliphatic heterocycles. The Morgan fingerprint density at radius 2 is 2.22 bits per heavy atom. The summed E-state index contributed by atoms with van der Waals surface area (Å²) in [7, 11) is 3.99. The molecule has 5 heteroatoms. The summed E-state index contributed by atoms with van der Waals surface area (Å²) in [4.78, 5) is 14.1. The van der Waals surface area contributed by atoms with Crippen LogP contribution in [-0.2, 0) is 6.54 Å². The van der Waals surface area contributed by atoms with Crippen LogP contribution < -0.4 is 11.1 Å². The van der Waals surface area contributed by atoms with Gasteiger partial charge in [-0.05, 0) is 33.5 Å². The molecule has 102 valence electrons. The number of hydrogen-bond acceptors (Lipinski definition) is 3. The zero-order valence-corrected chi connectivity index (χ0v) is 11.7. The molecule has 0 radical (unpaired) electrons. The Labute approximate surface area is 109 Å². The predicted molar refractivity (Wildman–Crippen MR) is 74.6 cm³/mol. The summed E-state index contributed by atoms with van der Waals surface area (Å²) < 4.78 is 1.91. The van der Waals surface area contributed by atoms with Gasteiger partial charge in [0.1, 0.15) is 5.69 Å². The summed E-state index contributed by atoms with van der Waals surface area (Å²) in [5, 5.41) is 2.94. The van der Waals surface area contributed by atoms with Crippen LogP contribution in [0, 0.1) is 0 Å². The first-order valence-electron chi connectivity index (χ1n) is 6.36. The van der Waals surface area contributed by atoms with Crippen LogP contribution in [-0.4, -0.2) is 42.1 Å². The number of nitrogen functional groups attached to an aromatic ring is 1. The van der Waals surface area contributed by atoms with Crippen LogP contribution in [0.15, 0.2) is 12.3 Å². The van der Waals surface area contributed by atoms with E-state index in [4.69, 9.17) is 5.73 Å². The highest BCUT2D eigenvalue weighted by Crippen LogP contribution is 2.11. The Balaban J connectivity index is 2.66. The molecule has 1 aromatic rings. The second-order valence-corrected chi connectivity index (χ2v) is 4.87. The average molecular weight is 252 g/mol. The van der Waals surface area contributed by atoms with Crippen LogP contribution in [0.5, 0.6) is 0 Å². The third-order valence-electron chi connectivity index (χ3n) is 3.05. The maximum Gasteiger partial charge on any atom is 0.268 e. The number of carbonyl (C=O) groups is 1. The van der Waals surface area contributed by atoms with Crippen molar-refractivity contribution in [3.05, 3.63) is 18.0 Å². The molecule has 0 bridgehead atoms. The molecule has 1 rings (SSSR count). The lowest BCUT2D eigenvalue weighted by molar-refractivity contribution is 0.0934. The molecule has 1 atom stereocenters. The minimum Gasteiger partial charge on any atom is -0.397 e. The molecule has 3 N–H and O–H groups in total. The first-order valence-corrected chi connectivity index (χ1v) is 6.36. The summed E-state index contributed by atoms with van der Waals surface area (Å²) in [6.07, 6.45) is 2.79. The van der Waals surface area contributed by atoms with Crippen molar-refractivity contribution in [3.8, 4) is 0 Å². The third kappa shape index (κ3) is 3.77. The van der Waals surface area contributed by atoms with Crippen molar-refractivity contribution in [2.24, 2.45) is 0 Å². The summed E-state index contributed by atoms with van der Waals surface area (Å²) in [6, 6.07) is 2.03. The molecule has 0 saturated heterocycles. The van der Waals surface area contributed by atoms with Crippen LogP contribution in [0.3, 0.4) is 0 Å². The zero-order valence-electron chi connectivity index (χ0n) is 11.7. The standard InChI is InChI=1S/C13H24N4O/c1-5-6-17-9-11(14)7-12(17)13(18)15-8-10(2)16(3)4/h7,9-10H,5-6,8,14H2,1-4H3,(H,15,18). The van der Waals surface area contributed by atoms with Gasteiger partial charge >= 0.3 is 0 Å². The minimum absolute atomic E-state index is 0.0613. The van der Waals surface area contributed by atoms with Gasteiger partial charge in [-0.1, -0.05) is 6.92 Å². The predicted octanol–water partition coefficient (Wildman–Crippen LogP) is 1.16. The topological polar surface area (TPSA) is 63.3 Å². The molecule has 18 heavy (non-hydrogen) atoms. The number of aromatic nitrogens is 1. The molecule has 0 saturated carbocycles. The Morgan fingerprint density at radius 1 is 1.56 bits per heavy atom. The van der Waals surface area contributed by atoms with Crippen molar-refractivity contribution in [2.45, 2.75) is 32.9 Å². The minimum atomic E-state index is -0.0613. The van der Waals surface area contributed by atoms with Crippen molar-refractivity contribution in [2.75, 3.05) is 26.4 Å². The molecular weight excluding hydrogens is 228 g/mol. The second kappa shape index (κ2) is 6.44. The molecule has 0 fully saturated rings. The van der Waals surface area contributed by atoms with E-state index in [2.05, 4.69) is 24.1 Å². The fourth-order valence-corrected chi connectivity index (χ4v) is 1.66. The molecule has 0 aliphatic rings. The monoisotopic (exact) mass is 252 g/mol. The summed E-state index contributed by atoms with van der Waals surface area (Å²) in [5.74, 6) is -0.0613.